The lowest BCUT2D eigenvalue weighted by atomic mass is 9.97. The van der Waals surface area contributed by atoms with Crippen LogP contribution in [0.2, 0.25) is 0 Å². The third-order valence-corrected chi connectivity index (χ3v) is 6.14. The lowest BCUT2D eigenvalue weighted by molar-refractivity contribution is -0.119. The van der Waals surface area contributed by atoms with E-state index in [0.717, 1.165) is 21.5 Å². The molecule has 0 aliphatic rings. The number of hydrogen-bond donors (Lipinski definition) is 0. The van der Waals surface area contributed by atoms with Crippen LogP contribution in [0.4, 0.5) is 0 Å². The largest absolute Gasteiger partial charge is 0.330 e. The van der Waals surface area contributed by atoms with Crippen LogP contribution in [0.1, 0.15) is 22.6 Å². The molecule has 0 amide bonds. The van der Waals surface area contributed by atoms with E-state index in [-0.39, 0.29) is 5.78 Å². The summed E-state index contributed by atoms with van der Waals surface area (Å²) < 4.78 is 1.84. The lowest BCUT2D eigenvalue weighted by Gasteiger charge is -2.19. The summed E-state index contributed by atoms with van der Waals surface area (Å²) in [6, 6.07) is 29.3. The zero-order valence-electron chi connectivity index (χ0n) is 15.9. The quantitative estimate of drug-likeness (QED) is 0.415. The van der Waals surface area contributed by atoms with Gasteiger partial charge >= 0.3 is 0 Å². The van der Waals surface area contributed by atoms with E-state index in [0.29, 0.717) is 5.82 Å². The van der Waals surface area contributed by atoms with Crippen molar-refractivity contribution in [3.63, 3.8) is 0 Å². The van der Waals surface area contributed by atoms with E-state index in [1.165, 1.54) is 11.8 Å². The van der Waals surface area contributed by atoms with Crippen molar-refractivity contribution in [1.29, 1.82) is 5.26 Å². The summed E-state index contributed by atoms with van der Waals surface area (Å²) in [7, 11) is 1.85. The number of imidazole rings is 1. The highest BCUT2D eigenvalue weighted by Crippen LogP contribution is 2.39. The van der Waals surface area contributed by atoms with Crippen molar-refractivity contribution in [2.45, 2.75) is 16.1 Å². The Labute approximate surface area is 173 Å². The Kier molecular flexibility index (Phi) is 5.46. The molecule has 0 N–H and O–H groups in total. The molecule has 4 nitrogen and oxygen atoms in total. The number of ketones is 1. The fraction of sp³-hybridized carbons (Fsp3) is 0.125. The predicted molar refractivity (Wildman–Crippen MR) is 116 cm³/mol. The average molecular weight is 398 g/mol. The normalized spacial score (nSPS) is 13.0. The predicted octanol–water partition coefficient (Wildman–Crippen LogP) is 5.28. The number of fused-ring (bicyclic) bond motifs is 1. The third kappa shape index (κ3) is 3.80. The Morgan fingerprint density at radius 2 is 1.59 bits per heavy atom. The Morgan fingerprint density at radius 1 is 0.966 bits per heavy atom. The topological polar surface area (TPSA) is 58.7 Å². The zero-order valence-corrected chi connectivity index (χ0v) is 16.7. The molecule has 1 aromatic heterocycles. The zero-order chi connectivity index (χ0) is 20.2. The minimum absolute atomic E-state index is 0.161. The number of Topliss-reactive ketones (excluding diaryl/α,β-unsaturated/α-hetero) is 1. The number of hydrogen-bond acceptors (Lipinski definition) is 4. The first-order chi connectivity index (χ1) is 14.2. The fourth-order valence-electron chi connectivity index (χ4n) is 3.38. The van der Waals surface area contributed by atoms with Gasteiger partial charge in [0.15, 0.2) is 11.7 Å². The molecule has 2 unspecified atom stereocenters. The van der Waals surface area contributed by atoms with Gasteiger partial charge in [-0.1, -0.05) is 60.7 Å². The van der Waals surface area contributed by atoms with Gasteiger partial charge in [0.05, 0.1) is 22.4 Å². The lowest BCUT2D eigenvalue weighted by Crippen LogP contribution is -2.20. The van der Waals surface area contributed by atoms with Crippen LogP contribution in [-0.4, -0.2) is 15.3 Å². The number of para-hydroxylation sites is 2. The van der Waals surface area contributed by atoms with Gasteiger partial charge in [0.25, 0.3) is 0 Å². The summed E-state index contributed by atoms with van der Waals surface area (Å²) in [5.74, 6) is -0.631. The number of thioether (sulfide) groups is 1. The Balaban J connectivity index is 1.75. The maximum Gasteiger partial charge on any atom is 0.175 e. The molecule has 2 atom stereocenters. The van der Waals surface area contributed by atoms with Crippen molar-refractivity contribution in [3.8, 4) is 6.07 Å². The summed E-state index contributed by atoms with van der Waals surface area (Å²) in [6.45, 7) is 0. The summed E-state index contributed by atoms with van der Waals surface area (Å²) in [6.07, 6.45) is 0. The first-order valence-corrected chi connectivity index (χ1v) is 10.2. The van der Waals surface area contributed by atoms with E-state index in [2.05, 4.69) is 11.1 Å². The number of benzene rings is 3. The fourth-order valence-corrected chi connectivity index (χ4v) is 4.51. The monoisotopic (exact) mass is 397 g/mol. The molecule has 0 saturated carbocycles. The Bertz CT molecular complexity index is 1180. The van der Waals surface area contributed by atoms with Crippen LogP contribution < -0.4 is 0 Å². The second kappa shape index (κ2) is 8.34. The van der Waals surface area contributed by atoms with Crippen molar-refractivity contribution in [3.05, 3.63) is 96.3 Å². The van der Waals surface area contributed by atoms with E-state index in [4.69, 9.17) is 0 Å². The van der Waals surface area contributed by atoms with Gasteiger partial charge in [-0.3, -0.25) is 4.79 Å². The van der Waals surface area contributed by atoms with E-state index in [1.54, 1.807) is 0 Å². The van der Waals surface area contributed by atoms with Crippen LogP contribution in [0.15, 0.2) is 89.8 Å². The molecular formula is C24H19N3OS. The minimum atomic E-state index is -0.950. The summed E-state index contributed by atoms with van der Waals surface area (Å²) >= 11 is 1.46. The number of rotatable bonds is 6. The molecule has 4 aromatic rings. The number of carbonyl (C=O) groups excluding carboxylic acids is 1. The number of aryl methyl sites for hydroxylation is 1. The maximum atomic E-state index is 13.6. The molecule has 3 aromatic carbocycles. The standard InChI is InChI=1S/C24H19N3OS/c1-27-21-15-9-8-14-20(21)26-24(27)19(16-25)22(28)23(17-10-4-2-5-11-17)29-18-12-6-3-7-13-18/h2-15,19,23H,1H3. The van der Waals surface area contributed by atoms with Crippen LogP contribution in [0.3, 0.4) is 0 Å². The van der Waals surface area contributed by atoms with E-state index in [1.807, 2.05) is 96.5 Å². The SMILES string of the molecule is Cn1c(C(C#N)C(=O)C(Sc2ccccc2)c2ccccc2)nc2ccccc21. The molecule has 4 rings (SSSR count). The molecule has 0 radical (unpaired) electrons. The molecule has 0 spiro atoms. The van der Waals surface area contributed by atoms with Gasteiger partial charge in [-0.05, 0) is 29.8 Å². The first-order valence-electron chi connectivity index (χ1n) is 9.30. The van der Waals surface area contributed by atoms with Gasteiger partial charge in [-0.2, -0.15) is 5.26 Å². The van der Waals surface area contributed by atoms with Crippen LogP contribution in [0.25, 0.3) is 11.0 Å². The highest BCUT2D eigenvalue weighted by Gasteiger charge is 2.33. The molecule has 0 aliphatic heterocycles. The Hall–Kier alpha value is -3.36. The van der Waals surface area contributed by atoms with Crippen molar-refractivity contribution in [2.24, 2.45) is 7.05 Å². The number of nitrogens with zero attached hydrogens (tertiary/aromatic N) is 3. The smallest absolute Gasteiger partial charge is 0.175 e. The molecule has 0 fully saturated rings. The second-order valence-electron chi connectivity index (χ2n) is 6.70. The van der Waals surface area contributed by atoms with Crippen molar-refractivity contribution >= 4 is 28.6 Å². The highest BCUT2D eigenvalue weighted by atomic mass is 32.2. The maximum absolute atomic E-state index is 13.6. The van der Waals surface area contributed by atoms with Crippen LogP contribution >= 0.6 is 11.8 Å². The first kappa shape index (κ1) is 19.0. The molecule has 142 valence electrons. The number of aromatic nitrogens is 2. The molecular weight excluding hydrogens is 378 g/mol. The average Bonchev–Trinajstić information content (AvgIpc) is 3.10. The minimum Gasteiger partial charge on any atom is -0.330 e. The van der Waals surface area contributed by atoms with Crippen LogP contribution in [0, 0.1) is 11.3 Å². The molecule has 0 bridgehead atoms. The summed E-state index contributed by atoms with van der Waals surface area (Å²) in [4.78, 5) is 19.2. The van der Waals surface area contributed by atoms with Gasteiger partial charge in [-0.15, -0.1) is 11.8 Å². The molecule has 1 heterocycles. The Morgan fingerprint density at radius 3 is 2.24 bits per heavy atom. The van der Waals surface area contributed by atoms with Gasteiger partial charge in [0.2, 0.25) is 0 Å². The van der Waals surface area contributed by atoms with Gasteiger partial charge in [-0.25, -0.2) is 4.98 Å². The van der Waals surface area contributed by atoms with Gasteiger partial charge in [0, 0.05) is 11.9 Å². The van der Waals surface area contributed by atoms with E-state index >= 15 is 0 Å². The number of carbonyl (C=O) groups is 1. The van der Waals surface area contributed by atoms with Gasteiger partial charge < -0.3 is 4.57 Å². The van der Waals surface area contributed by atoms with Crippen molar-refractivity contribution in [2.75, 3.05) is 0 Å². The molecule has 5 heteroatoms. The van der Waals surface area contributed by atoms with Crippen LogP contribution in [0.5, 0.6) is 0 Å². The third-order valence-electron chi connectivity index (χ3n) is 4.85. The molecule has 0 aliphatic carbocycles. The molecule has 0 saturated heterocycles. The molecule has 29 heavy (non-hydrogen) atoms. The van der Waals surface area contributed by atoms with E-state index in [9.17, 15) is 10.1 Å². The summed E-state index contributed by atoms with van der Waals surface area (Å²) in [5, 5.41) is 9.43. The van der Waals surface area contributed by atoms with Crippen LogP contribution in [-0.2, 0) is 11.8 Å². The second-order valence-corrected chi connectivity index (χ2v) is 7.88. The van der Waals surface area contributed by atoms with Crippen molar-refractivity contribution < 1.29 is 4.79 Å². The van der Waals surface area contributed by atoms with E-state index < -0.39 is 11.2 Å². The van der Waals surface area contributed by atoms with Gasteiger partial charge in [0.1, 0.15) is 5.82 Å². The summed E-state index contributed by atoms with van der Waals surface area (Å²) in [5.41, 5.74) is 2.57. The number of nitriles is 1. The van der Waals surface area contributed by atoms with Crippen molar-refractivity contribution in [1.82, 2.24) is 9.55 Å². The highest BCUT2D eigenvalue weighted by molar-refractivity contribution is 8.00.